The first-order valence-corrected chi connectivity index (χ1v) is 12.2. The quantitative estimate of drug-likeness (QED) is 0.246. The Morgan fingerprint density at radius 2 is 1.82 bits per heavy atom. The lowest BCUT2D eigenvalue weighted by molar-refractivity contribution is 0.295. The van der Waals surface area contributed by atoms with Crippen LogP contribution in [0.2, 0.25) is 9.49 Å². The minimum Gasteiger partial charge on any atom is -0.493 e. The van der Waals surface area contributed by atoms with E-state index in [4.69, 9.17) is 27.9 Å². The molecule has 0 bridgehead atoms. The standard InChI is InChI=1S/C23H23Cl2F3N4OS/c1-2-3-19-20(24)22(31-14-30-19)32(13-17-12-29-23(25)34-17)10-8-15-4-6-16(7-5-15)33-11-9-18(26)21(27)28/h4-7,12,14H,2-3,8-11,13H2,1H3. The summed E-state index contributed by atoms with van der Waals surface area (Å²) in [4.78, 5) is 15.9. The van der Waals surface area contributed by atoms with Gasteiger partial charge in [-0.25, -0.2) is 19.3 Å². The Hall–Kier alpha value is -2.36. The van der Waals surface area contributed by atoms with E-state index < -0.39 is 18.3 Å². The van der Waals surface area contributed by atoms with Gasteiger partial charge in [-0.05, 0) is 30.5 Å². The summed E-state index contributed by atoms with van der Waals surface area (Å²) in [6.45, 7) is 3.05. The zero-order valence-corrected chi connectivity index (χ0v) is 20.7. The number of halogens is 5. The van der Waals surface area contributed by atoms with Crippen molar-refractivity contribution in [3.05, 3.63) is 74.3 Å². The molecule has 11 heteroatoms. The Kier molecular flexibility index (Phi) is 9.98. The third-order valence-corrected chi connectivity index (χ3v) is 6.38. The number of anilines is 1. The summed E-state index contributed by atoms with van der Waals surface area (Å²) >= 11 is 14.1. The number of benzene rings is 1. The van der Waals surface area contributed by atoms with Crippen LogP contribution in [0.15, 0.2) is 48.7 Å². The lowest BCUT2D eigenvalue weighted by Gasteiger charge is -2.24. The highest BCUT2D eigenvalue weighted by atomic mass is 35.5. The van der Waals surface area contributed by atoms with Gasteiger partial charge in [0.2, 0.25) is 0 Å². The van der Waals surface area contributed by atoms with E-state index in [9.17, 15) is 13.2 Å². The molecule has 0 N–H and O–H groups in total. The molecule has 0 saturated heterocycles. The van der Waals surface area contributed by atoms with Gasteiger partial charge in [0.05, 0.1) is 18.8 Å². The number of nitrogens with zero attached hydrogens (tertiary/aromatic N) is 4. The molecule has 1 aromatic carbocycles. The highest BCUT2D eigenvalue weighted by molar-refractivity contribution is 7.15. The van der Waals surface area contributed by atoms with E-state index in [-0.39, 0.29) is 6.61 Å². The molecule has 3 aromatic rings. The maximum absolute atomic E-state index is 12.9. The van der Waals surface area contributed by atoms with Gasteiger partial charge >= 0.3 is 6.08 Å². The smallest absolute Gasteiger partial charge is 0.301 e. The van der Waals surface area contributed by atoms with Gasteiger partial charge in [0.1, 0.15) is 17.1 Å². The molecule has 0 fully saturated rings. The van der Waals surface area contributed by atoms with Gasteiger partial charge < -0.3 is 9.64 Å². The fourth-order valence-corrected chi connectivity index (χ4v) is 4.51. The molecule has 0 saturated carbocycles. The molecule has 5 nitrogen and oxygen atoms in total. The summed E-state index contributed by atoms with van der Waals surface area (Å²) in [6, 6.07) is 7.21. The van der Waals surface area contributed by atoms with Gasteiger partial charge in [0, 0.05) is 24.0 Å². The fraction of sp³-hybridized carbons (Fsp3) is 0.348. The molecular weight excluding hydrogens is 508 g/mol. The van der Waals surface area contributed by atoms with Crippen molar-refractivity contribution in [3.63, 3.8) is 0 Å². The van der Waals surface area contributed by atoms with E-state index in [1.54, 1.807) is 18.3 Å². The van der Waals surface area contributed by atoms with Crippen LogP contribution in [0.3, 0.4) is 0 Å². The molecule has 3 rings (SSSR count). The van der Waals surface area contributed by atoms with Crippen LogP contribution in [0.5, 0.6) is 5.75 Å². The molecule has 0 amide bonds. The van der Waals surface area contributed by atoms with Crippen LogP contribution in [0.25, 0.3) is 0 Å². The van der Waals surface area contributed by atoms with E-state index in [2.05, 4.69) is 26.8 Å². The number of hydrogen-bond donors (Lipinski definition) is 0. The summed E-state index contributed by atoms with van der Waals surface area (Å²) < 4.78 is 42.9. The SMILES string of the molecule is CCCc1ncnc(N(CCc2ccc(OCCC(F)=C(F)F)cc2)Cc2cnc(Cl)s2)c1Cl. The number of aryl methyl sites for hydroxylation is 1. The van der Waals surface area contributed by atoms with Crippen molar-refractivity contribution < 1.29 is 17.9 Å². The third kappa shape index (κ3) is 7.58. The highest BCUT2D eigenvalue weighted by Crippen LogP contribution is 2.29. The van der Waals surface area contributed by atoms with Crippen molar-refractivity contribution in [2.75, 3.05) is 18.1 Å². The van der Waals surface area contributed by atoms with Crippen molar-refractivity contribution in [3.8, 4) is 5.75 Å². The summed E-state index contributed by atoms with van der Waals surface area (Å²) in [5, 5.41) is 0.537. The van der Waals surface area contributed by atoms with Crippen LogP contribution >= 0.6 is 34.5 Å². The largest absolute Gasteiger partial charge is 0.493 e. The van der Waals surface area contributed by atoms with Crippen molar-refractivity contribution in [1.82, 2.24) is 15.0 Å². The average Bonchev–Trinajstić information content (AvgIpc) is 3.23. The summed E-state index contributed by atoms with van der Waals surface area (Å²) in [7, 11) is 0. The Balaban J connectivity index is 1.68. The number of thiazole rings is 1. The highest BCUT2D eigenvalue weighted by Gasteiger charge is 2.17. The van der Waals surface area contributed by atoms with Crippen molar-refractivity contribution >= 4 is 40.4 Å². The predicted octanol–water partition coefficient (Wildman–Crippen LogP) is 7.29. The molecule has 0 unspecified atom stereocenters. The molecule has 0 spiro atoms. The third-order valence-electron chi connectivity index (χ3n) is 4.89. The first kappa shape index (κ1) is 26.2. The second-order valence-electron chi connectivity index (χ2n) is 7.37. The maximum Gasteiger partial charge on any atom is 0.301 e. The molecule has 0 aliphatic carbocycles. The van der Waals surface area contributed by atoms with Gasteiger partial charge in [-0.3, -0.25) is 0 Å². The van der Waals surface area contributed by atoms with E-state index in [0.29, 0.717) is 40.6 Å². The van der Waals surface area contributed by atoms with E-state index in [1.165, 1.54) is 17.7 Å². The number of ether oxygens (including phenoxy) is 1. The van der Waals surface area contributed by atoms with Crippen molar-refractivity contribution in [2.24, 2.45) is 0 Å². The van der Waals surface area contributed by atoms with Crippen LogP contribution in [-0.4, -0.2) is 28.1 Å². The summed E-state index contributed by atoms with van der Waals surface area (Å²) in [5.74, 6) is -0.320. The van der Waals surface area contributed by atoms with Gasteiger partial charge in [-0.1, -0.05) is 48.7 Å². The van der Waals surface area contributed by atoms with Crippen LogP contribution < -0.4 is 9.64 Å². The fourth-order valence-electron chi connectivity index (χ4n) is 3.20. The van der Waals surface area contributed by atoms with Crippen LogP contribution in [0.4, 0.5) is 19.0 Å². The first-order valence-electron chi connectivity index (χ1n) is 10.6. The predicted molar refractivity (Wildman–Crippen MR) is 130 cm³/mol. The molecule has 34 heavy (non-hydrogen) atoms. The van der Waals surface area contributed by atoms with Crippen LogP contribution in [0.1, 0.15) is 35.9 Å². The normalized spacial score (nSPS) is 10.9. The van der Waals surface area contributed by atoms with Gasteiger partial charge in [-0.2, -0.15) is 8.78 Å². The molecule has 2 aromatic heterocycles. The lowest BCUT2D eigenvalue weighted by atomic mass is 10.1. The molecule has 0 atom stereocenters. The zero-order valence-electron chi connectivity index (χ0n) is 18.4. The Morgan fingerprint density at radius 1 is 1.06 bits per heavy atom. The molecule has 0 radical (unpaired) electrons. The summed E-state index contributed by atoms with van der Waals surface area (Å²) in [5.41, 5.74) is 1.83. The number of aromatic nitrogens is 3. The Bertz CT molecular complexity index is 1110. The Morgan fingerprint density at radius 3 is 2.47 bits per heavy atom. The Labute approximate surface area is 210 Å². The molecular formula is C23H23Cl2F3N4OS. The minimum absolute atomic E-state index is 0.167. The first-order chi connectivity index (χ1) is 16.4. The minimum atomic E-state index is -2.31. The van der Waals surface area contributed by atoms with Gasteiger partial charge in [0.15, 0.2) is 16.1 Å². The second-order valence-corrected chi connectivity index (χ2v) is 9.44. The average molecular weight is 531 g/mol. The molecule has 0 aliphatic rings. The molecule has 2 heterocycles. The molecule has 182 valence electrons. The van der Waals surface area contributed by atoms with Crippen molar-refractivity contribution in [1.29, 1.82) is 0 Å². The number of rotatable bonds is 12. The van der Waals surface area contributed by atoms with E-state index in [1.807, 2.05) is 12.1 Å². The maximum atomic E-state index is 12.9. The van der Waals surface area contributed by atoms with E-state index in [0.717, 1.165) is 29.0 Å². The number of hydrogen-bond acceptors (Lipinski definition) is 6. The van der Waals surface area contributed by atoms with E-state index >= 15 is 0 Å². The van der Waals surface area contributed by atoms with Crippen LogP contribution in [-0.2, 0) is 19.4 Å². The van der Waals surface area contributed by atoms with Gasteiger partial charge in [-0.15, -0.1) is 11.3 Å². The lowest BCUT2D eigenvalue weighted by Crippen LogP contribution is -2.26. The summed E-state index contributed by atoms with van der Waals surface area (Å²) in [6.07, 6.45) is 2.84. The zero-order chi connectivity index (χ0) is 24.5. The van der Waals surface area contributed by atoms with Gasteiger partial charge in [0.25, 0.3) is 0 Å². The van der Waals surface area contributed by atoms with Crippen molar-refractivity contribution in [2.45, 2.75) is 39.2 Å². The van der Waals surface area contributed by atoms with Crippen LogP contribution in [0, 0.1) is 0 Å². The topological polar surface area (TPSA) is 51.1 Å². The molecule has 0 aliphatic heterocycles. The second kappa shape index (κ2) is 12.9. The monoisotopic (exact) mass is 530 g/mol.